The highest BCUT2D eigenvalue weighted by molar-refractivity contribution is 6.08. The molecule has 3 aromatic heterocycles. The Morgan fingerprint density at radius 1 is 1.07 bits per heavy atom. The van der Waals surface area contributed by atoms with Crippen molar-refractivity contribution in [1.29, 1.82) is 0 Å². The van der Waals surface area contributed by atoms with Gasteiger partial charge in [-0.05, 0) is 24.6 Å². The summed E-state index contributed by atoms with van der Waals surface area (Å²) in [6.45, 7) is 7.47. The van der Waals surface area contributed by atoms with E-state index in [-0.39, 0.29) is 5.41 Å². The smallest absolute Gasteiger partial charge is 0.322 e. The van der Waals surface area contributed by atoms with Crippen LogP contribution in [-0.4, -0.2) is 14.5 Å². The lowest BCUT2D eigenvalue weighted by atomic mass is 9.93. The molecule has 0 aliphatic heterocycles. The van der Waals surface area contributed by atoms with Gasteiger partial charge in [0.25, 0.3) is 5.65 Å². The second kappa shape index (κ2) is 5.89. The number of benzene rings is 2. The first kappa shape index (κ1) is 14.7. The second-order valence-corrected chi connectivity index (χ2v) is 8.58. The van der Waals surface area contributed by atoms with Crippen molar-refractivity contribution in [2.45, 2.75) is 40.0 Å². The average molecular weight is 389 g/mol. The van der Waals surface area contributed by atoms with E-state index in [0.717, 1.165) is 33.3 Å². The molecule has 0 fully saturated rings. The number of rotatable bonds is 1. The van der Waals surface area contributed by atoms with Crippen molar-refractivity contribution in [3.63, 3.8) is 0 Å². The number of nitrogens with zero attached hydrogens (tertiary/aromatic N) is 4. The minimum Gasteiger partial charge on any atom is -0.452 e. The molecule has 0 saturated heterocycles. The van der Waals surface area contributed by atoms with Crippen molar-refractivity contribution >= 4 is 33.2 Å². The molecule has 0 unspecified atom stereocenters. The molecular weight excluding hydrogens is 360 g/mol. The predicted octanol–water partition coefficient (Wildman–Crippen LogP) is 5.06. The monoisotopic (exact) mass is 388 g/mol. The van der Waals surface area contributed by atoms with Gasteiger partial charge in [-0.1, -0.05) is 45.0 Å². The molecule has 5 aromatic rings. The molecule has 0 spiro atoms. The third kappa shape index (κ3) is 2.50. The third-order valence-corrected chi connectivity index (χ3v) is 5.52. The van der Waals surface area contributed by atoms with Gasteiger partial charge in [-0.15, -0.1) is 4.98 Å². The molecule has 0 aliphatic rings. The Labute approximate surface area is 173 Å². The van der Waals surface area contributed by atoms with Crippen LogP contribution in [0.4, 0.5) is 0 Å². The van der Waals surface area contributed by atoms with Gasteiger partial charge in [0.2, 0.25) is 5.82 Å². The Morgan fingerprint density at radius 3 is 2.62 bits per heavy atom. The van der Waals surface area contributed by atoms with E-state index in [2.05, 4.69) is 0 Å². The third-order valence-electron chi connectivity index (χ3n) is 5.52. The lowest BCUT2D eigenvalue weighted by Gasteiger charge is -2.13. The highest BCUT2D eigenvalue weighted by Crippen LogP contribution is 2.35. The van der Waals surface area contributed by atoms with Crippen molar-refractivity contribution < 1.29 is 13.1 Å². The van der Waals surface area contributed by atoms with Gasteiger partial charge in [0.05, 0.1) is 17.3 Å². The second-order valence-electron chi connectivity index (χ2n) is 8.58. The van der Waals surface area contributed by atoms with E-state index in [9.17, 15) is 0 Å². The summed E-state index contributed by atoms with van der Waals surface area (Å²) in [5.41, 5.74) is 4.51. The Bertz CT molecular complexity index is 1520. The maximum absolute atomic E-state index is 8.19. The molecule has 29 heavy (non-hydrogen) atoms. The first-order chi connectivity index (χ1) is 15.0. The molecule has 3 heterocycles. The van der Waals surface area contributed by atoms with Gasteiger partial charge in [0.15, 0.2) is 11.3 Å². The highest BCUT2D eigenvalue weighted by Gasteiger charge is 2.29. The van der Waals surface area contributed by atoms with Gasteiger partial charge >= 0.3 is 5.65 Å². The zero-order chi connectivity index (χ0) is 23.0. The standard InChI is InChI=1S/C24H25N4O/c1-14-11-12-17-16-9-7-8-10-18(16)29-21(17)20(14)28-15(2)27(6)23-22(28)25-13-19(26-23)24(3,4)5/h7-13H,1-6H3/q+1/i6D3. The number of hydrogen-bond donors (Lipinski definition) is 0. The van der Waals surface area contributed by atoms with Gasteiger partial charge in [-0.25, -0.2) is 14.1 Å². The van der Waals surface area contributed by atoms with E-state index < -0.39 is 6.98 Å². The predicted molar refractivity (Wildman–Crippen MR) is 115 cm³/mol. The van der Waals surface area contributed by atoms with Crippen LogP contribution in [0.2, 0.25) is 0 Å². The Kier molecular flexibility index (Phi) is 3.00. The van der Waals surface area contributed by atoms with Gasteiger partial charge in [-0.3, -0.25) is 0 Å². The topological polar surface area (TPSA) is 47.7 Å². The number of imidazole rings is 1. The zero-order valence-electron chi connectivity index (χ0n) is 20.2. The van der Waals surface area contributed by atoms with Crippen LogP contribution in [0.15, 0.2) is 47.0 Å². The fourth-order valence-corrected chi connectivity index (χ4v) is 3.87. The molecule has 5 nitrogen and oxygen atoms in total. The summed E-state index contributed by atoms with van der Waals surface area (Å²) in [6.07, 6.45) is 1.73. The first-order valence-corrected chi connectivity index (χ1v) is 9.71. The number of hydrogen-bond acceptors (Lipinski definition) is 3. The summed E-state index contributed by atoms with van der Waals surface area (Å²) in [5, 5.41) is 1.99. The van der Waals surface area contributed by atoms with Gasteiger partial charge in [-0.2, -0.15) is 0 Å². The molecule has 0 bridgehead atoms. The minimum atomic E-state index is -2.41. The average Bonchev–Trinajstić information content (AvgIpc) is 3.21. The highest BCUT2D eigenvalue weighted by atomic mass is 16.3. The summed E-state index contributed by atoms with van der Waals surface area (Å²) >= 11 is 0. The van der Waals surface area contributed by atoms with Crippen LogP contribution in [0, 0.1) is 13.8 Å². The fourth-order valence-electron chi connectivity index (χ4n) is 3.87. The Balaban J connectivity index is 1.95. The van der Waals surface area contributed by atoms with Crippen LogP contribution in [0.1, 0.15) is 42.0 Å². The summed E-state index contributed by atoms with van der Waals surface area (Å²) in [6, 6.07) is 12.0. The summed E-state index contributed by atoms with van der Waals surface area (Å²) < 4.78 is 34.0. The molecule has 0 radical (unpaired) electrons. The van der Waals surface area contributed by atoms with Gasteiger partial charge < -0.3 is 4.42 Å². The molecule has 0 aliphatic carbocycles. The molecule has 0 N–H and O–H groups in total. The summed E-state index contributed by atoms with van der Waals surface area (Å²) in [5.74, 6) is 0.516. The first-order valence-electron chi connectivity index (χ1n) is 11.2. The fraction of sp³-hybridized carbons (Fsp3) is 0.292. The lowest BCUT2D eigenvalue weighted by Crippen LogP contribution is -2.32. The van der Waals surface area contributed by atoms with Crippen molar-refractivity contribution in [1.82, 2.24) is 14.5 Å². The van der Waals surface area contributed by atoms with E-state index in [4.69, 9.17) is 18.5 Å². The SMILES string of the molecule is [2H]C([2H])([2H])[n+]1c(C)n(-c2c(C)ccc3c2oc2ccccc23)c2ncc(C(C)(C)C)nc21. The number of aromatic nitrogens is 4. The summed E-state index contributed by atoms with van der Waals surface area (Å²) in [4.78, 5) is 9.47. The molecule has 5 rings (SSSR count). The van der Waals surface area contributed by atoms with Crippen LogP contribution < -0.4 is 4.57 Å². The maximum atomic E-state index is 8.19. The van der Waals surface area contributed by atoms with E-state index in [1.54, 1.807) is 13.1 Å². The van der Waals surface area contributed by atoms with Crippen molar-refractivity contribution in [2.75, 3.05) is 0 Å². The quantitative estimate of drug-likeness (QED) is 0.377. The van der Waals surface area contributed by atoms with Crippen LogP contribution in [0.5, 0.6) is 0 Å². The van der Waals surface area contributed by atoms with Crippen molar-refractivity contribution in [2.24, 2.45) is 6.98 Å². The molecular formula is C24H25N4O+. The number of aryl methyl sites for hydroxylation is 2. The number of fused-ring (bicyclic) bond motifs is 4. The summed E-state index contributed by atoms with van der Waals surface area (Å²) in [7, 11) is 0. The lowest BCUT2D eigenvalue weighted by molar-refractivity contribution is -0.653. The zero-order valence-corrected chi connectivity index (χ0v) is 17.2. The largest absolute Gasteiger partial charge is 0.452 e. The molecule has 5 heteroatoms. The molecule has 146 valence electrons. The molecule has 0 saturated carbocycles. The van der Waals surface area contributed by atoms with E-state index >= 15 is 0 Å². The van der Waals surface area contributed by atoms with Crippen molar-refractivity contribution in [3.05, 3.63) is 59.7 Å². The van der Waals surface area contributed by atoms with E-state index in [1.807, 2.05) is 68.7 Å². The maximum Gasteiger partial charge on any atom is 0.322 e. The van der Waals surface area contributed by atoms with Gasteiger partial charge in [0, 0.05) is 23.1 Å². The van der Waals surface area contributed by atoms with Crippen LogP contribution in [-0.2, 0) is 12.4 Å². The van der Waals surface area contributed by atoms with Crippen LogP contribution >= 0.6 is 0 Å². The Hall–Kier alpha value is -3.21. The van der Waals surface area contributed by atoms with Crippen LogP contribution in [0.3, 0.4) is 0 Å². The van der Waals surface area contributed by atoms with Gasteiger partial charge in [0.1, 0.15) is 11.3 Å². The van der Waals surface area contributed by atoms with Crippen molar-refractivity contribution in [3.8, 4) is 5.69 Å². The molecule has 2 aromatic carbocycles. The molecule has 0 atom stereocenters. The van der Waals surface area contributed by atoms with Crippen LogP contribution in [0.25, 0.3) is 38.9 Å². The van der Waals surface area contributed by atoms with E-state index in [0.29, 0.717) is 22.7 Å². The Morgan fingerprint density at radius 2 is 1.86 bits per heavy atom. The minimum absolute atomic E-state index is 0.265. The normalized spacial score (nSPS) is 14.4. The molecule has 0 amide bonds. The number of furan rings is 1. The number of para-hydroxylation sites is 1. The van der Waals surface area contributed by atoms with E-state index in [1.165, 1.54) is 4.57 Å².